The summed E-state index contributed by atoms with van der Waals surface area (Å²) in [5.74, 6) is 0.534. The van der Waals surface area contributed by atoms with Gasteiger partial charge in [0, 0.05) is 18.5 Å². The lowest BCUT2D eigenvalue weighted by molar-refractivity contribution is 0.415. The van der Waals surface area contributed by atoms with Crippen LogP contribution in [-0.2, 0) is 22.3 Å². The van der Waals surface area contributed by atoms with E-state index in [4.69, 9.17) is 4.74 Å². The molecule has 27 heavy (non-hydrogen) atoms. The Labute approximate surface area is 160 Å². The van der Waals surface area contributed by atoms with Crippen LogP contribution >= 0.6 is 0 Å². The molecule has 6 heteroatoms. The quantitative estimate of drug-likeness (QED) is 0.621. The number of aromatic nitrogens is 1. The molecule has 0 unspecified atom stereocenters. The average molecular weight is 382 g/mol. The average Bonchev–Trinajstić information content (AvgIpc) is 2.68. The van der Waals surface area contributed by atoms with E-state index in [1.165, 1.54) is 4.31 Å². The molecular weight excluding hydrogens is 360 g/mol. The van der Waals surface area contributed by atoms with Crippen LogP contribution in [0.15, 0.2) is 73.1 Å². The van der Waals surface area contributed by atoms with Crippen LogP contribution in [0.4, 0.5) is 5.69 Å². The van der Waals surface area contributed by atoms with Gasteiger partial charge in [0.1, 0.15) is 5.75 Å². The van der Waals surface area contributed by atoms with Gasteiger partial charge in [-0.2, -0.15) is 0 Å². The molecular formula is C21H22N2O3S. The van der Waals surface area contributed by atoms with Crippen LogP contribution in [0.5, 0.6) is 5.75 Å². The molecule has 0 radical (unpaired) electrons. The summed E-state index contributed by atoms with van der Waals surface area (Å²) in [5, 5.41) is 0. The van der Waals surface area contributed by atoms with Crippen molar-refractivity contribution in [3.8, 4) is 5.75 Å². The molecule has 0 spiro atoms. The van der Waals surface area contributed by atoms with Crippen molar-refractivity contribution >= 4 is 15.7 Å². The van der Waals surface area contributed by atoms with Gasteiger partial charge in [-0.3, -0.25) is 9.29 Å². The number of anilines is 1. The second-order valence-corrected chi connectivity index (χ2v) is 8.15. The van der Waals surface area contributed by atoms with E-state index in [2.05, 4.69) is 4.98 Å². The molecule has 3 rings (SSSR count). The van der Waals surface area contributed by atoms with Crippen LogP contribution in [0.25, 0.3) is 0 Å². The second kappa shape index (κ2) is 8.22. The predicted octanol–water partition coefficient (Wildman–Crippen LogP) is 3.94. The summed E-state index contributed by atoms with van der Waals surface area (Å²) in [4.78, 5) is 4.10. The van der Waals surface area contributed by atoms with Crippen molar-refractivity contribution in [1.29, 1.82) is 0 Å². The Bertz CT molecular complexity index is 1000. The first kappa shape index (κ1) is 18.9. The maximum Gasteiger partial charge on any atom is 0.239 e. The number of nitrogens with zero attached hydrogens (tertiary/aromatic N) is 2. The minimum Gasteiger partial charge on any atom is -0.497 e. The topological polar surface area (TPSA) is 59.5 Å². The highest BCUT2D eigenvalue weighted by molar-refractivity contribution is 7.92. The molecule has 0 amide bonds. The van der Waals surface area contributed by atoms with Crippen LogP contribution < -0.4 is 9.04 Å². The molecule has 140 valence electrons. The molecule has 0 atom stereocenters. The molecule has 0 fully saturated rings. The zero-order chi connectivity index (χ0) is 19.3. The van der Waals surface area contributed by atoms with Crippen molar-refractivity contribution in [2.45, 2.75) is 19.2 Å². The number of pyridine rings is 1. The molecule has 0 bridgehead atoms. The zero-order valence-electron chi connectivity index (χ0n) is 15.4. The van der Waals surface area contributed by atoms with Crippen molar-refractivity contribution in [1.82, 2.24) is 4.98 Å². The van der Waals surface area contributed by atoms with Gasteiger partial charge in [0.05, 0.1) is 25.1 Å². The van der Waals surface area contributed by atoms with Gasteiger partial charge in [-0.25, -0.2) is 8.42 Å². The fraction of sp³-hybridized carbons (Fsp3) is 0.190. The van der Waals surface area contributed by atoms with Gasteiger partial charge in [-0.15, -0.1) is 0 Å². The third kappa shape index (κ3) is 4.65. The SMILES string of the molecule is COc1cccc(N(Cc2cccnc2)S(=O)(=O)Cc2ccccc2C)c1. The van der Waals surface area contributed by atoms with Crippen LogP contribution in [0.2, 0.25) is 0 Å². The van der Waals surface area contributed by atoms with Gasteiger partial charge in [0.15, 0.2) is 0 Å². The van der Waals surface area contributed by atoms with Gasteiger partial charge in [0.2, 0.25) is 10.0 Å². The number of methoxy groups -OCH3 is 1. The Balaban J connectivity index is 2.01. The summed E-state index contributed by atoms with van der Waals surface area (Å²) in [6.07, 6.45) is 3.34. The number of sulfonamides is 1. The highest BCUT2D eigenvalue weighted by atomic mass is 32.2. The first-order valence-electron chi connectivity index (χ1n) is 8.57. The summed E-state index contributed by atoms with van der Waals surface area (Å²) in [6.45, 7) is 2.12. The highest BCUT2D eigenvalue weighted by Crippen LogP contribution is 2.27. The fourth-order valence-electron chi connectivity index (χ4n) is 2.82. The maximum atomic E-state index is 13.3. The molecule has 0 N–H and O–H groups in total. The standard InChI is InChI=1S/C21H22N2O3S/c1-17-7-3-4-9-19(17)16-27(24,25)23(15-18-8-6-12-22-14-18)20-10-5-11-21(13-20)26-2/h3-14H,15-16H2,1-2H3. The zero-order valence-corrected chi connectivity index (χ0v) is 16.2. The molecule has 2 aromatic carbocycles. The third-order valence-electron chi connectivity index (χ3n) is 4.33. The Morgan fingerprint density at radius 1 is 1.04 bits per heavy atom. The van der Waals surface area contributed by atoms with E-state index in [0.29, 0.717) is 11.4 Å². The molecule has 5 nitrogen and oxygen atoms in total. The molecule has 0 aliphatic heterocycles. The molecule has 0 saturated heterocycles. The molecule has 0 aliphatic rings. The van der Waals surface area contributed by atoms with Crippen LogP contribution in [0, 0.1) is 6.92 Å². The number of rotatable bonds is 7. The van der Waals surface area contributed by atoms with Gasteiger partial charge in [-0.05, 0) is 41.8 Å². The van der Waals surface area contributed by atoms with Crippen LogP contribution in [-0.4, -0.2) is 20.5 Å². The number of aryl methyl sites for hydroxylation is 1. The lowest BCUT2D eigenvalue weighted by Crippen LogP contribution is -2.32. The van der Waals surface area contributed by atoms with Gasteiger partial charge in [0.25, 0.3) is 0 Å². The van der Waals surface area contributed by atoms with Crippen molar-refractivity contribution in [2.24, 2.45) is 0 Å². The largest absolute Gasteiger partial charge is 0.497 e. The molecule has 0 aliphatic carbocycles. The monoisotopic (exact) mass is 382 g/mol. The molecule has 1 aromatic heterocycles. The van der Waals surface area contributed by atoms with Crippen LogP contribution in [0.3, 0.4) is 0 Å². The molecule has 1 heterocycles. The smallest absolute Gasteiger partial charge is 0.239 e. The normalized spacial score (nSPS) is 11.2. The Morgan fingerprint density at radius 3 is 2.56 bits per heavy atom. The Morgan fingerprint density at radius 2 is 1.85 bits per heavy atom. The number of hydrogen-bond acceptors (Lipinski definition) is 4. The summed E-state index contributed by atoms with van der Waals surface area (Å²) >= 11 is 0. The lowest BCUT2D eigenvalue weighted by atomic mass is 10.1. The molecule has 3 aromatic rings. The summed E-state index contributed by atoms with van der Waals surface area (Å²) in [5.41, 5.74) is 3.12. The fourth-order valence-corrected chi connectivity index (χ4v) is 4.47. The second-order valence-electron chi connectivity index (χ2n) is 6.25. The highest BCUT2D eigenvalue weighted by Gasteiger charge is 2.24. The van der Waals surface area contributed by atoms with Gasteiger partial charge >= 0.3 is 0 Å². The number of benzene rings is 2. The van der Waals surface area contributed by atoms with Gasteiger partial charge in [-0.1, -0.05) is 36.4 Å². The Kier molecular flexibility index (Phi) is 5.76. The minimum atomic E-state index is -3.62. The van der Waals surface area contributed by atoms with E-state index < -0.39 is 10.0 Å². The summed E-state index contributed by atoms with van der Waals surface area (Å²) < 4.78 is 33.3. The van der Waals surface area contributed by atoms with Crippen LogP contribution in [0.1, 0.15) is 16.7 Å². The summed E-state index contributed by atoms with van der Waals surface area (Å²) in [6, 6.07) is 18.3. The van der Waals surface area contributed by atoms with Crippen molar-refractivity contribution < 1.29 is 13.2 Å². The third-order valence-corrected chi connectivity index (χ3v) is 6.01. The van der Waals surface area contributed by atoms with Crippen molar-refractivity contribution in [3.63, 3.8) is 0 Å². The van der Waals surface area contributed by atoms with E-state index in [1.807, 2.05) is 37.3 Å². The first-order valence-corrected chi connectivity index (χ1v) is 10.2. The van der Waals surface area contributed by atoms with E-state index in [0.717, 1.165) is 16.7 Å². The number of ether oxygens (including phenoxy) is 1. The van der Waals surface area contributed by atoms with Crippen molar-refractivity contribution in [2.75, 3.05) is 11.4 Å². The van der Waals surface area contributed by atoms with E-state index in [1.54, 1.807) is 49.8 Å². The number of hydrogen-bond donors (Lipinski definition) is 0. The summed E-state index contributed by atoms with van der Waals surface area (Å²) in [7, 11) is -2.06. The van der Waals surface area contributed by atoms with E-state index in [-0.39, 0.29) is 12.3 Å². The van der Waals surface area contributed by atoms with Gasteiger partial charge < -0.3 is 4.74 Å². The predicted molar refractivity (Wildman–Crippen MR) is 107 cm³/mol. The van der Waals surface area contributed by atoms with E-state index in [9.17, 15) is 8.42 Å². The maximum absolute atomic E-state index is 13.3. The van der Waals surface area contributed by atoms with Crippen molar-refractivity contribution in [3.05, 3.63) is 89.7 Å². The Hall–Kier alpha value is -2.86. The van der Waals surface area contributed by atoms with E-state index >= 15 is 0 Å². The minimum absolute atomic E-state index is 0.0723. The first-order chi connectivity index (χ1) is 13.0. The lowest BCUT2D eigenvalue weighted by Gasteiger charge is -2.25. The molecule has 0 saturated carbocycles.